The zero-order valence-corrected chi connectivity index (χ0v) is 49.6. The van der Waals surface area contributed by atoms with Crippen LogP contribution < -0.4 is 70.0 Å². The maximum Gasteiger partial charge on any atom is 0.312 e. The van der Waals surface area contributed by atoms with Crippen molar-refractivity contribution in [2.75, 3.05) is 26.2 Å². The fourth-order valence-corrected chi connectivity index (χ4v) is 9.72. The summed E-state index contributed by atoms with van der Waals surface area (Å²) in [4.78, 5) is 140. The van der Waals surface area contributed by atoms with Gasteiger partial charge in [0.15, 0.2) is 0 Å². The summed E-state index contributed by atoms with van der Waals surface area (Å²) < 4.78 is 0. The number of unbranched alkanes of at least 4 members (excludes halogenated alkanes) is 2. The largest absolute Gasteiger partial charge is 0.508 e. The van der Waals surface area contributed by atoms with Gasteiger partial charge in [0.2, 0.25) is 53.2 Å². The molecule has 0 saturated carbocycles. The fraction of sp³-hybridized carbons (Fsp3) is 0.484. The van der Waals surface area contributed by atoms with Crippen molar-refractivity contribution in [2.45, 2.75) is 166 Å². The summed E-state index contributed by atoms with van der Waals surface area (Å²) in [6, 6.07) is 17.7. The van der Waals surface area contributed by atoms with Crippen molar-refractivity contribution in [3.05, 3.63) is 114 Å². The highest BCUT2D eigenvalue weighted by atomic mass is 16.3. The SMILES string of the molecule is CC(C)NCCCCC(NC(=O)C1CCC(=O)NC(Cc2ccccc2)C(=O)NC(Cc2ccc(O)cc2)C(=O)NC(CCCCNC(C)C)C(=O)NC(CCCNC(N)=O)C(=O)NC(Cc2ccc3ccccc3c2)C(=O)NCC(=O)N1)C(N)=O. The van der Waals surface area contributed by atoms with Gasteiger partial charge in [-0.2, -0.15) is 0 Å². The Kier molecular flexibility index (Phi) is 28.2. The molecule has 0 aromatic heterocycles. The number of carbonyl (C=O) groups is 10. The van der Waals surface area contributed by atoms with E-state index in [1.165, 1.54) is 12.1 Å². The Hall–Kier alpha value is -8.64. The van der Waals surface area contributed by atoms with Crippen LogP contribution in [0.25, 0.3) is 10.8 Å². The summed E-state index contributed by atoms with van der Waals surface area (Å²) in [6.45, 7) is 8.43. The van der Waals surface area contributed by atoms with Crippen LogP contribution in [0.15, 0.2) is 97.1 Å². The van der Waals surface area contributed by atoms with E-state index in [1.807, 2.05) is 64.1 Å². The predicted molar refractivity (Wildman–Crippen MR) is 325 cm³/mol. The molecule has 1 saturated heterocycles. The molecule has 1 heterocycles. The lowest BCUT2D eigenvalue weighted by atomic mass is 10.00. The molecule has 7 atom stereocenters. The number of rotatable bonds is 25. The minimum atomic E-state index is -1.50. The topological polar surface area (TPSA) is 375 Å². The third-order valence-electron chi connectivity index (χ3n) is 14.4. The first-order chi connectivity index (χ1) is 41.1. The van der Waals surface area contributed by atoms with Gasteiger partial charge in [-0.3, -0.25) is 43.2 Å². The highest BCUT2D eigenvalue weighted by molar-refractivity contribution is 5.98. The van der Waals surface area contributed by atoms with Crippen LogP contribution in [0.3, 0.4) is 0 Å². The fourth-order valence-electron chi connectivity index (χ4n) is 9.72. The molecule has 0 spiro atoms. The molecular weight excluding hydrogens is 1100 g/mol. The Morgan fingerprint density at radius 3 is 1.65 bits per heavy atom. The summed E-state index contributed by atoms with van der Waals surface area (Å²) in [6.07, 6.45) is 1.17. The number of phenols is 1. The van der Waals surface area contributed by atoms with E-state index < -0.39 is 114 Å². The van der Waals surface area contributed by atoms with Crippen molar-refractivity contribution < 1.29 is 53.1 Å². The molecule has 4 aromatic carbocycles. The lowest BCUT2D eigenvalue weighted by molar-refractivity contribution is -0.135. The molecule has 0 bridgehead atoms. The standard InChI is InChI=1S/C62H87N13O11/c1-38(2)65-30-12-10-19-46(55(63)79)71-59(83)49-28-29-53(77)70-51(34-40-15-6-5-7-16-40)60(84)75-52(35-41-23-26-45(76)27-24-41)61(85)73-47(20-11-13-31-66-39(3)4)57(81)72-48(21-14-32-67-62(64)86)58(82)74-50(56(80)68-37-54(78)69-49)36-42-22-25-43-17-8-9-18-44(43)33-42/h5-9,15-18,22-27,33,38-39,46-52,65-66,76H,10-14,19-21,28-32,34-37H2,1-4H3,(H2,63,79)(H,68,80)(H,69,78)(H,70,77)(H,71,83)(H,72,81)(H,73,85)(H,74,82)(H,75,84)(H3,64,67,86). The molecule has 1 aliphatic heterocycles. The summed E-state index contributed by atoms with van der Waals surface area (Å²) in [5, 5.41) is 42.7. The maximum absolute atomic E-state index is 14.9. The van der Waals surface area contributed by atoms with Crippen LogP contribution in [-0.4, -0.2) is 145 Å². The molecule has 24 nitrogen and oxygen atoms in total. The lowest BCUT2D eigenvalue weighted by Crippen LogP contribution is -2.60. The van der Waals surface area contributed by atoms with E-state index in [1.54, 1.807) is 48.5 Å². The van der Waals surface area contributed by atoms with E-state index in [0.717, 1.165) is 10.8 Å². The van der Waals surface area contributed by atoms with E-state index in [-0.39, 0.29) is 75.7 Å². The second-order valence-corrected chi connectivity index (χ2v) is 22.3. The third-order valence-corrected chi connectivity index (χ3v) is 14.4. The predicted octanol–water partition coefficient (Wildman–Crippen LogP) is 1.15. The van der Waals surface area contributed by atoms with E-state index in [4.69, 9.17) is 11.5 Å². The minimum absolute atomic E-state index is 0.00314. The molecule has 1 fully saturated rings. The van der Waals surface area contributed by atoms with Gasteiger partial charge in [-0.25, -0.2) is 4.79 Å². The molecule has 11 amide bonds. The molecular formula is C62H87N13O11. The van der Waals surface area contributed by atoms with Crippen molar-refractivity contribution in [1.29, 1.82) is 0 Å². The number of urea groups is 1. The van der Waals surface area contributed by atoms with Crippen LogP contribution in [0.2, 0.25) is 0 Å². The molecule has 16 N–H and O–H groups in total. The first-order valence-corrected chi connectivity index (χ1v) is 29.6. The van der Waals surface area contributed by atoms with E-state index >= 15 is 0 Å². The highest BCUT2D eigenvalue weighted by Crippen LogP contribution is 2.18. The van der Waals surface area contributed by atoms with Gasteiger partial charge in [-0.1, -0.05) is 113 Å². The van der Waals surface area contributed by atoms with Gasteiger partial charge in [0.05, 0.1) is 6.54 Å². The van der Waals surface area contributed by atoms with Gasteiger partial charge in [0.25, 0.3) is 0 Å². The maximum atomic E-state index is 14.9. The second kappa shape index (κ2) is 35.6. The zero-order chi connectivity index (χ0) is 62.5. The van der Waals surface area contributed by atoms with Crippen LogP contribution in [0.5, 0.6) is 5.75 Å². The van der Waals surface area contributed by atoms with Gasteiger partial charge in [-0.15, -0.1) is 0 Å². The van der Waals surface area contributed by atoms with Gasteiger partial charge >= 0.3 is 6.03 Å². The van der Waals surface area contributed by atoms with Crippen molar-refractivity contribution in [3.63, 3.8) is 0 Å². The summed E-state index contributed by atoms with van der Waals surface area (Å²) in [7, 11) is 0. The molecule has 4 aromatic rings. The monoisotopic (exact) mass is 1190 g/mol. The van der Waals surface area contributed by atoms with E-state index in [2.05, 4.69) is 58.5 Å². The Balaban J connectivity index is 1.58. The Morgan fingerprint density at radius 2 is 1.05 bits per heavy atom. The number of nitrogens with two attached hydrogens (primary N) is 2. The summed E-state index contributed by atoms with van der Waals surface area (Å²) in [5.41, 5.74) is 12.9. The average Bonchev–Trinajstić information content (AvgIpc) is 3.67. The zero-order valence-electron chi connectivity index (χ0n) is 49.6. The smallest absolute Gasteiger partial charge is 0.312 e. The molecule has 24 heteroatoms. The number of hydrogen-bond donors (Lipinski definition) is 14. The number of hydrogen-bond acceptors (Lipinski definition) is 13. The normalized spacial score (nSPS) is 20.1. The van der Waals surface area contributed by atoms with Crippen molar-refractivity contribution in [2.24, 2.45) is 11.5 Å². The number of nitrogens with one attached hydrogen (secondary N) is 11. The Morgan fingerprint density at radius 1 is 0.535 bits per heavy atom. The third kappa shape index (κ3) is 24.5. The van der Waals surface area contributed by atoms with Gasteiger partial charge in [0, 0.05) is 44.3 Å². The molecule has 5 rings (SSSR count). The van der Waals surface area contributed by atoms with Crippen molar-refractivity contribution in [1.82, 2.24) is 58.5 Å². The minimum Gasteiger partial charge on any atom is -0.508 e. The van der Waals surface area contributed by atoms with Crippen molar-refractivity contribution in [3.8, 4) is 5.75 Å². The number of amides is 11. The van der Waals surface area contributed by atoms with Crippen LogP contribution in [-0.2, 0) is 62.4 Å². The molecule has 7 unspecified atom stereocenters. The summed E-state index contributed by atoms with van der Waals surface area (Å²) >= 11 is 0. The molecule has 0 aliphatic carbocycles. The number of phenolic OH excluding ortho intramolecular Hbond substituents is 1. The van der Waals surface area contributed by atoms with Gasteiger partial charge in [-0.05, 0) is 110 Å². The average molecular weight is 1190 g/mol. The highest BCUT2D eigenvalue weighted by Gasteiger charge is 2.34. The van der Waals surface area contributed by atoms with Crippen molar-refractivity contribution >= 4 is 70.0 Å². The number of carbonyl (C=O) groups excluding carboxylic acids is 10. The molecule has 466 valence electrons. The summed E-state index contributed by atoms with van der Waals surface area (Å²) in [5.74, 6) is -7.43. The number of benzene rings is 4. The van der Waals surface area contributed by atoms with Crippen LogP contribution in [0.1, 0.15) is 109 Å². The van der Waals surface area contributed by atoms with Crippen LogP contribution in [0.4, 0.5) is 4.79 Å². The van der Waals surface area contributed by atoms with E-state index in [9.17, 15) is 53.1 Å². The Bertz CT molecular complexity index is 2910. The Labute approximate surface area is 502 Å². The van der Waals surface area contributed by atoms with Gasteiger partial charge < -0.3 is 75.1 Å². The molecule has 86 heavy (non-hydrogen) atoms. The first-order valence-electron chi connectivity index (χ1n) is 29.6. The van der Waals surface area contributed by atoms with Crippen LogP contribution in [0, 0.1) is 0 Å². The molecule has 0 radical (unpaired) electrons. The van der Waals surface area contributed by atoms with Gasteiger partial charge in [0.1, 0.15) is 48.0 Å². The van der Waals surface area contributed by atoms with Crippen LogP contribution >= 0.6 is 0 Å². The number of aromatic hydroxyl groups is 1. The van der Waals surface area contributed by atoms with E-state index in [0.29, 0.717) is 55.5 Å². The first kappa shape index (κ1) is 68.1. The number of primary amides is 2. The molecule has 1 aliphatic rings. The lowest BCUT2D eigenvalue weighted by Gasteiger charge is -2.27. The second-order valence-electron chi connectivity index (χ2n) is 22.3. The number of fused-ring (bicyclic) bond motifs is 1. The quantitative estimate of drug-likeness (QED) is 0.0415.